The molecule has 0 radical (unpaired) electrons. The minimum absolute atomic E-state index is 0.142. The van der Waals surface area contributed by atoms with Crippen LogP contribution in [-0.4, -0.2) is 23.9 Å². The average molecular weight is 491 g/mol. The Hall–Kier alpha value is -1.52. The number of benzene rings is 2. The molecule has 5 rings (SSSR count). The Balaban J connectivity index is 1.61. The van der Waals surface area contributed by atoms with Crippen LogP contribution < -0.4 is 0 Å². The first-order chi connectivity index (χ1) is 14.9. The Morgan fingerprint density at radius 3 is 2.26 bits per heavy atom. The third-order valence-corrected chi connectivity index (χ3v) is 8.78. The van der Waals surface area contributed by atoms with Crippen molar-refractivity contribution in [2.75, 3.05) is 13.1 Å². The van der Waals surface area contributed by atoms with E-state index >= 15 is 0 Å². The third kappa shape index (κ3) is 3.91. The molecule has 1 aromatic heterocycles. The number of rotatable bonds is 3. The quantitative estimate of drug-likeness (QED) is 0.362. The van der Waals surface area contributed by atoms with Crippen molar-refractivity contribution in [2.24, 2.45) is 11.8 Å². The lowest BCUT2D eigenvalue weighted by molar-refractivity contribution is 0.0785. The van der Waals surface area contributed by atoms with E-state index in [0.717, 1.165) is 45.1 Å². The average Bonchev–Trinajstić information content (AvgIpc) is 3.42. The van der Waals surface area contributed by atoms with Gasteiger partial charge in [0.05, 0.1) is 9.90 Å². The monoisotopic (exact) mass is 489 g/mol. The maximum Gasteiger partial charge on any atom is 0.264 e. The molecule has 2 fully saturated rings. The highest BCUT2D eigenvalue weighted by molar-refractivity contribution is 7.18. The number of likely N-dealkylation sites (tertiary alicyclic amines) is 1. The number of nitrogens with zero attached hydrogens (tertiary/aromatic N) is 1. The van der Waals surface area contributed by atoms with Gasteiger partial charge < -0.3 is 4.90 Å². The van der Waals surface area contributed by atoms with E-state index in [1.54, 1.807) is 6.07 Å². The molecular formula is C25H22Cl3NOS. The van der Waals surface area contributed by atoms with Gasteiger partial charge in [-0.2, -0.15) is 0 Å². The van der Waals surface area contributed by atoms with Gasteiger partial charge >= 0.3 is 0 Å². The zero-order chi connectivity index (χ0) is 21.7. The highest BCUT2D eigenvalue weighted by Gasteiger charge is 2.39. The van der Waals surface area contributed by atoms with Crippen LogP contribution in [0.25, 0.3) is 21.6 Å². The number of amides is 1. The standard InChI is InChI=1S/C25H22Cl3NOS/c1-14-22(15-5-7-18(26)8-6-15)24(20-10-9-19(27)11-21(20)28)31-23(14)25(30)29-12-16-3-2-4-17(16)13-29/h5-11,16-17H,2-4,12-13H2,1H3. The highest BCUT2D eigenvalue weighted by Crippen LogP contribution is 2.47. The van der Waals surface area contributed by atoms with Crippen LogP contribution in [0.15, 0.2) is 42.5 Å². The molecule has 1 saturated carbocycles. The summed E-state index contributed by atoms with van der Waals surface area (Å²) in [7, 11) is 0. The summed E-state index contributed by atoms with van der Waals surface area (Å²) in [5.74, 6) is 1.48. The van der Waals surface area contributed by atoms with Crippen LogP contribution in [0, 0.1) is 18.8 Å². The lowest BCUT2D eigenvalue weighted by atomic mass is 9.97. The molecule has 2 aliphatic rings. The van der Waals surface area contributed by atoms with Gasteiger partial charge in [0, 0.05) is 39.1 Å². The van der Waals surface area contributed by atoms with Crippen molar-refractivity contribution in [2.45, 2.75) is 26.2 Å². The van der Waals surface area contributed by atoms with E-state index in [4.69, 9.17) is 34.8 Å². The SMILES string of the molecule is Cc1c(C(=O)N2CC3CCCC3C2)sc(-c2ccc(Cl)cc2Cl)c1-c1ccc(Cl)cc1. The molecule has 3 aromatic rings. The molecule has 2 unspecified atom stereocenters. The molecule has 6 heteroatoms. The van der Waals surface area contributed by atoms with Gasteiger partial charge in [-0.1, -0.05) is 59.4 Å². The van der Waals surface area contributed by atoms with E-state index < -0.39 is 0 Å². The topological polar surface area (TPSA) is 20.3 Å². The molecule has 2 heterocycles. The Kier molecular flexibility index (Phi) is 5.81. The smallest absolute Gasteiger partial charge is 0.264 e. The lowest BCUT2D eigenvalue weighted by Crippen LogP contribution is -2.29. The summed E-state index contributed by atoms with van der Waals surface area (Å²) in [5, 5.41) is 1.86. The summed E-state index contributed by atoms with van der Waals surface area (Å²) in [6.45, 7) is 3.81. The van der Waals surface area contributed by atoms with Crippen LogP contribution >= 0.6 is 46.1 Å². The van der Waals surface area contributed by atoms with Crippen molar-refractivity contribution < 1.29 is 4.79 Å². The van der Waals surface area contributed by atoms with E-state index in [-0.39, 0.29) is 5.91 Å². The van der Waals surface area contributed by atoms with Gasteiger partial charge in [0.25, 0.3) is 5.91 Å². The summed E-state index contributed by atoms with van der Waals surface area (Å²) in [6.07, 6.45) is 3.80. The first-order valence-corrected chi connectivity index (χ1v) is 12.5. The zero-order valence-corrected chi connectivity index (χ0v) is 20.2. The Labute approximate surface area is 201 Å². The number of carbonyl (C=O) groups is 1. The molecule has 2 nitrogen and oxygen atoms in total. The van der Waals surface area contributed by atoms with Crippen molar-refractivity contribution in [1.29, 1.82) is 0 Å². The van der Waals surface area contributed by atoms with Crippen molar-refractivity contribution in [3.8, 4) is 21.6 Å². The van der Waals surface area contributed by atoms with E-state index in [2.05, 4.69) is 4.90 Å². The van der Waals surface area contributed by atoms with Crippen molar-refractivity contribution in [1.82, 2.24) is 4.90 Å². The van der Waals surface area contributed by atoms with Crippen molar-refractivity contribution in [3.63, 3.8) is 0 Å². The van der Waals surface area contributed by atoms with Gasteiger partial charge in [0.2, 0.25) is 0 Å². The summed E-state index contributed by atoms with van der Waals surface area (Å²) in [4.78, 5) is 17.4. The van der Waals surface area contributed by atoms with E-state index in [1.807, 2.05) is 43.3 Å². The Bertz CT molecular complexity index is 1140. The summed E-state index contributed by atoms with van der Waals surface area (Å²) in [6, 6.07) is 13.3. The molecule has 1 aliphatic heterocycles. The number of hydrogen-bond donors (Lipinski definition) is 0. The third-order valence-electron chi connectivity index (χ3n) is 6.66. The van der Waals surface area contributed by atoms with Crippen LogP contribution in [0.1, 0.15) is 34.5 Å². The summed E-state index contributed by atoms with van der Waals surface area (Å²) >= 11 is 20.4. The molecule has 2 aromatic carbocycles. The van der Waals surface area contributed by atoms with Crippen molar-refractivity contribution >= 4 is 52.0 Å². The molecular weight excluding hydrogens is 469 g/mol. The fourth-order valence-corrected chi connectivity index (χ4v) is 7.11. The first kappa shape index (κ1) is 21.3. The van der Waals surface area contributed by atoms with Gasteiger partial charge in [0.15, 0.2) is 0 Å². The normalized spacial score (nSPS) is 20.3. The molecule has 160 valence electrons. The molecule has 31 heavy (non-hydrogen) atoms. The van der Waals surface area contributed by atoms with Crippen LogP contribution in [0.4, 0.5) is 0 Å². The van der Waals surface area contributed by atoms with Gasteiger partial charge in [-0.3, -0.25) is 4.79 Å². The zero-order valence-electron chi connectivity index (χ0n) is 17.1. The molecule has 1 aliphatic carbocycles. The summed E-state index contributed by atoms with van der Waals surface area (Å²) < 4.78 is 0. The second kappa shape index (κ2) is 8.44. The molecule has 0 N–H and O–H groups in total. The molecule has 2 atom stereocenters. The van der Waals surface area contributed by atoms with Gasteiger partial charge in [-0.05, 0) is 67.0 Å². The Morgan fingerprint density at radius 1 is 0.968 bits per heavy atom. The Morgan fingerprint density at radius 2 is 1.61 bits per heavy atom. The van der Waals surface area contributed by atoms with Crippen LogP contribution in [0.5, 0.6) is 0 Å². The molecule has 1 amide bonds. The fraction of sp³-hybridized carbons (Fsp3) is 0.320. The minimum atomic E-state index is 0.142. The number of carbonyl (C=O) groups excluding carboxylic acids is 1. The molecule has 0 bridgehead atoms. The van der Waals surface area contributed by atoms with Gasteiger partial charge in [0.1, 0.15) is 0 Å². The second-order valence-electron chi connectivity index (χ2n) is 8.55. The maximum absolute atomic E-state index is 13.6. The summed E-state index contributed by atoms with van der Waals surface area (Å²) in [5.41, 5.74) is 3.95. The minimum Gasteiger partial charge on any atom is -0.337 e. The second-order valence-corrected chi connectivity index (χ2v) is 10.9. The largest absolute Gasteiger partial charge is 0.337 e. The molecule has 1 saturated heterocycles. The van der Waals surface area contributed by atoms with Crippen molar-refractivity contribution in [3.05, 3.63) is 68.0 Å². The number of halogens is 3. The van der Waals surface area contributed by atoms with E-state index in [0.29, 0.717) is 26.9 Å². The predicted octanol–water partition coefficient (Wildman–Crippen LogP) is 8.22. The van der Waals surface area contributed by atoms with Gasteiger partial charge in [-0.15, -0.1) is 11.3 Å². The highest BCUT2D eigenvalue weighted by atomic mass is 35.5. The first-order valence-electron chi connectivity index (χ1n) is 10.6. The molecule has 0 spiro atoms. The predicted molar refractivity (Wildman–Crippen MR) is 132 cm³/mol. The maximum atomic E-state index is 13.6. The van der Waals surface area contributed by atoms with E-state index in [9.17, 15) is 4.79 Å². The fourth-order valence-electron chi connectivity index (χ4n) is 5.09. The van der Waals surface area contributed by atoms with Crippen LogP contribution in [0.2, 0.25) is 15.1 Å². The van der Waals surface area contributed by atoms with E-state index in [1.165, 1.54) is 30.6 Å². The number of hydrogen-bond acceptors (Lipinski definition) is 2. The number of fused-ring (bicyclic) bond motifs is 1. The number of thiophene rings is 1. The van der Waals surface area contributed by atoms with Crippen LogP contribution in [-0.2, 0) is 0 Å². The lowest BCUT2D eigenvalue weighted by Gasteiger charge is -2.17. The van der Waals surface area contributed by atoms with Gasteiger partial charge in [-0.25, -0.2) is 0 Å². The van der Waals surface area contributed by atoms with Crippen LogP contribution in [0.3, 0.4) is 0 Å².